The van der Waals surface area contributed by atoms with Crippen LogP contribution in [0.1, 0.15) is 31.0 Å². The van der Waals surface area contributed by atoms with E-state index in [0.29, 0.717) is 16.1 Å². The van der Waals surface area contributed by atoms with Gasteiger partial charge < -0.3 is 10.0 Å². The van der Waals surface area contributed by atoms with Gasteiger partial charge in [0.25, 0.3) is 11.7 Å². The summed E-state index contributed by atoms with van der Waals surface area (Å²) in [6.45, 7) is 5.64. The number of carbonyl (C=O) groups excluding carboxylic acids is 2. The lowest BCUT2D eigenvalue weighted by atomic mass is 9.95. The number of Topliss-reactive ketones (excluding diaryl/α,β-unsaturated/α-hetero) is 1. The average Bonchev–Trinajstić information content (AvgIpc) is 3.12. The first-order valence-corrected chi connectivity index (χ1v) is 11.5. The Morgan fingerprint density at radius 3 is 2.14 bits per heavy atom. The minimum absolute atomic E-state index is 0.000949. The van der Waals surface area contributed by atoms with Gasteiger partial charge in [-0.15, -0.1) is 0 Å². The summed E-state index contributed by atoms with van der Waals surface area (Å²) in [7, 11) is 0. The number of halogens is 3. The van der Waals surface area contributed by atoms with Crippen LogP contribution in [0.2, 0.25) is 5.02 Å². The Morgan fingerprint density at radius 2 is 1.57 bits per heavy atom. The number of aliphatic hydroxyl groups excluding tert-OH is 1. The summed E-state index contributed by atoms with van der Waals surface area (Å²) in [5, 5.41) is 11.5. The van der Waals surface area contributed by atoms with E-state index in [0.717, 1.165) is 35.8 Å². The highest BCUT2D eigenvalue weighted by molar-refractivity contribution is 6.51. The van der Waals surface area contributed by atoms with E-state index < -0.39 is 29.4 Å². The fraction of sp³-hybridized carbons (Fsp3) is 0.185. The van der Waals surface area contributed by atoms with Crippen LogP contribution in [0.15, 0.2) is 72.3 Å². The third-order valence-electron chi connectivity index (χ3n) is 6.08. The number of aliphatic hydroxyl groups is 1. The molecule has 1 amide bonds. The van der Waals surface area contributed by atoms with Crippen molar-refractivity contribution in [2.75, 3.05) is 22.9 Å². The van der Waals surface area contributed by atoms with E-state index in [4.69, 9.17) is 11.6 Å². The molecule has 1 aliphatic rings. The average molecular weight is 497 g/mol. The molecule has 0 bridgehead atoms. The van der Waals surface area contributed by atoms with Crippen molar-refractivity contribution in [1.82, 2.24) is 0 Å². The van der Waals surface area contributed by atoms with Crippen LogP contribution in [0.3, 0.4) is 0 Å². The van der Waals surface area contributed by atoms with Crippen LogP contribution < -0.4 is 9.80 Å². The maximum absolute atomic E-state index is 14.1. The molecule has 3 aromatic carbocycles. The van der Waals surface area contributed by atoms with Gasteiger partial charge in [-0.1, -0.05) is 23.7 Å². The fourth-order valence-corrected chi connectivity index (χ4v) is 4.39. The molecule has 5 nitrogen and oxygen atoms in total. The van der Waals surface area contributed by atoms with Crippen molar-refractivity contribution in [3.63, 3.8) is 0 Å². The topological polar surface area (TPSA) is 60.9 Å². The Bertz CT molecular complexity index is 1300. The van der Waals surface area contributed by atoms with E-state index in [-0.39, 0.29) is 17.0 Å². The molecule has 0 spiro atoms. The standard InChI is InChI=1S/C27H23ClF2N2O3/c1-3-31(4-2)19-11-7-16(8-12-19)24-23(25(33)17-5-9-18(28)10-6-17)26(34)27(35)32(24)20-13-14-21(29)22(30)15-20/h5-15,24,33H,3-4H2,1-2H3/b25-23+. The smallest absolute Gasteiger partial charge is 0.300 e. The summed E-state index contributed by atoms with van der Waals surface area (Å²) in [6.07, 6.45) is 0. The first-order valence-electron chi connectivity index (χ1n) is 11.1. The van der Waals surface area contributed by atoms with E-state index in [2.05, 4.69) is 4.90 Å². The lowest BCUT2D eigenvalue weighted by Gasteiger charge is -2.27. The van der Waals surface area contributed by atoms with E-state index in [1.165, 1.54) is 18.2 Å². The molecule has 0 saturated carbocycles. The minimum Gasteiger partial charge on any atom is -0.507 e. The normalized spacial score (nSPS) is 17.2. The molecule has 1 unspecified atom stereocenters. The quantitative estimate of drug-likeness (QED) is 0.255. The van der Waals surface area contributed by atoms with E-state index >= 15 is 0 Å². The van der Waals surface area contributed by atoms with Gasteiger partial charge in [0.2, 0.25) is 0 Å². The zero-order valence-corrected chi connectivity index (χ0v) is 19.9. The number of amides is 1. The maximum atomic E-state index is 14.1. The molecule has 1 fully saturated rings. The molecule has 1 heterocycles. The molecule has 0 aliphatic carbocycles. The van der Waals surface area contributed by atoms with Crippen molar-refractivity contribution in [1.29, 1.82) is 0 Å². The van der Waals surface area contributed by atoms with Crippen LogP contribution in [0, 0.1) is 11.6 Å². The molecular weight excluding hydrogens is 474 g/mol. The van der Waals surface area contributed by atoms with E-state index in [1.807, 2.05) is 26.0 Å². The van der Waals surface area contributed by atoms with Gasteiger partial charge in [0.1, 0.15) is 5.76 Å². The van der Waals surface area contributed by atoms with Crippen molar-refractivity contribution in [2.45, 2.75) is 19.9 Å². The van der Waals surface area contributed by atoms with Crippen molar-refractivity contribution in [3.05, 3.63) is 100 Å². The third kappa shape index (κ3) is 4.51. The monoisotopic (exact) mass is 496 g/mol. The van der Waals surface area contributed by atoms with Crippen LogP contribution in [-0.2, 0) is 9.59 Å². The van der Waals surface area contributed by atoms with Crippen molar-refractivity contribution in [3.8, 4) is 0 Å². The second-order valence-corrected chi connectivity index (χ2v) is 8.47. The van der Waals surface area contributed by atoms with Gasteiger partial charge in [-0.25, -0.2) is 8.78 Å². The molecule has 180 valence electrons. The molecule has 1 saturated heterocycles. The molecule has 1 atom stereocenters. The van der Waals surface area contributed by atoms with Crippen LogP contribution in [0.4, 0.5) is 20.2 Å². The maximum Gasteiger partial charge on any atom is 0.300 e. The van der Waals surface area contributed by atoms with Crippen LogP contribution in [-0.4, -0.2) is 29.9 Å². The number of benzene rings is 3. The molecule has 0 radical (unpaired) electrons. The number of hydrogen-bond acceptors (Lipinski definition) is 4. The highest BCUT2D eigenvalue weighted by atomic mass is 35.5. The number of rotatable bonds is 6. The van der Waals surface area contributed by atoms with Gasteiger partial charge >= 0.3 is 0 Å². The highest BCUT2D eigenvalue weighted by Gasteiger charge is 2.47. The van der Waals surface area contributed by atoms with Crippen LogP contribution in [0.25, 0.3) is 5.76 Å². The largest absolute Gasteiger partial charge is 0.507 e. The predicted molar refractivity (Wildman–Crippen MR) is 133 cm³/mol. The fourth-order valence-electron chi connectivity index (χ4n) is 4.27. The van der Waals surface area contributed by atoms with E-state index in [9.17, 15) is 23.5 Å². The Balaban J connectivity index is 1.90. The molecule has 8 heteroatoms. The first kappa shape index (κ1) is 24.4. The number of carbonyl (C=O) groups is 2. The number of ketones is 1. The lowest BCUT2D eigenvalue weighted by molar-refractivity contribution is -0.132. The molecule has 3 aromatic rings. The molecule has 1 N–H and O–H groups in total. The van der Waals surface area contributed by atoms with Gasteiger partial charge in [0.15, 0.2) is 11.6 Å². The Labute approximate surface area is 206 Å². The minimum atomic E-state index is -1.15. The summed E-state index contributed by atoms with van der Waals surface area (Å²) < 4.78 is 27.7. The summed E-state index contributed by atoms with van der Waals surface area (Å²) in [5.74, 6) is -4.50. The Hall–Kier alpha value is -3.71. The molecular formula is C27H23ClF2N2O3. The second kappa shape index (κ2) is 9.88. The number of nitrogens with zero attached hydrogens (tertiary/aromatic N) is 2. The molecule has 4 rings (SSSR count). The van der Waals surface area contributed by atoms with Gasteiger partial charge in [0.05, 0.1) is 11.6 Å². The summed E-state index contributed by atoms with van der Waals surface area (Å²) in [6, 6.07) is 15.3. The van der Waals surface area contributed by atoms with Gasteiger partial charge in [-0.2, -0.15) is 0 Å². The zero-order valence-electron chi connectivity index (χ0n) is 19.1. The van der Waals surface area contributed by atoms with Gasteiger partial charge in [-0.05, 0) is 67.9 Å². The molecule has 0 aromatic heterocycles. The summed E-state index contributed by atoms with van der Waals surface area (Å²) >= 11 is 5.95. The molecule has 1 aliphatic heterocycles. The van der Waals surface area contributed by atoms with Crippen molar-refractivity contribution >= 4 is 40.4 Å². The van der Waals surface area contributed by atoms with Crippen LogP contribution in [0.5, 0.6) is 0 Å². The van der Waals surface area contributed by atoms with Crippen molar-refractivity contribution in [2.24, 2.45) is 0 Å². The highest BCUT2D eigenvalue weighted by Crippen LogP contribution is 2.42. The second-order valence-electron chi connectivity index (χ2n) is 8.04. The predicted octanol–water partition coefficient (Wildman–Crippen LogP) is 6.09. The van der Waals surface area contributed by atoms with E-state index in [1.54, 1.807) is 24.3 Å². The third-order valence-corrected chi connectivity index (χ3v) is 6.33. The van der Waals surface area contributed by atoms with Crippen LogP contribution >= 0.6 is 11.6 Å². The summed E-state index contributed by atoms with van der Waals surface area (Å²) in [5.41, 5.74) is 1.61. The molecule has 35 heavy (non-hydrogen) atoms. The summed E-state index contributed by atoms with van der Waals surface area (Å²) in [4.78, 5) is 29.5. The lowest BCUT2D eigenvalue weighted by Crippen LogP contribution is -2.29. The SMILES string of the molecule is CCN(CC)c1ccc(C2/C(=C(\O)c3ccc(Cl)cc3)C(=O)C(=O)N2c2ccc(F)c(F)c2)cc1. The Morgan fingerprint density at radius 1 is 0.943 bits per heavy atom. The zero-order chi connectivity index (χ0) is 25.3. The van der Waals surface area contributed by atoms with Gasteiger partial charge in [0, 0.05) is 41.1 Å². The van der Waals surface area contributed by atoms with Crippen molar-refractivity contribution < 1.29 is 23.5 Å². The number of hydrogen-bond donors (Lipinski definition) is 1. The Kier molecular flexibility index (Phi) is 6.89. The van der Waals surface area contributed by atoms with Gasteiger partial charge in [-0.3, -0.25) is 14.5 Å². The first-order chi connectivity index (χ1) is 16.8. The number of anilines is 2.